The zero-order valence-corrected chi connectivity index (χ0v) is 19.5. The number of anilines is 1. The summed E-state index contributed by atoms with van der Waals surface area (Å²) in [5.41, 5.74) is 5.57. The predicted molar refractivity (Wildman–Crippen MR) is 127 cm³/mol. The van der Waals surface area contributed by atoms with Crippen molar-refractivity contribution in [2.45, 2.75) is 46.2 Å². The second-order valence-corrected chi connectivity index (χ2v) is 7.65. The van der Waals surface area contributed by atoms with Gasteiger partial charge in [0.05, 0.1) is 23.8 Å². The molecule has 0 bridgehead atoms. The van der Waals surface area contributed by atoms with Crippen molar-refractivity contribution in [3.63, 3.8) is 0 Å². The van der Waals surface area contributed by atoms with E-state index in [1.54, 1.807) is 11.3 Å². The predicted octanol–water partition coefficient (Wildman–Crippen LogP) is 4.49. The number of thiazole rings is 1. The summed E-state index contributed by atoms with van der Waals surface area (Å²) in [6, 6.07) is 9.06. The number of hydrogen-bond acceptors (Lipinski definition) is 4. The van der Waals surface area contributed by atoms with Crippen LogP contribution in [0.3, 0.4) is 0 Å². The first-order valence-corrected chi connectivity index (χ1v) is 10.3. The Balaban J connectivity index is 0.00000261. The van der Waals surface area contributed by atoms with Gasteiger partial charge in [-0.1, -0.05) is 12.1 Å². The standard InChI is InChI=1S/C20H29N5S.HI/c1-4-21-20(22-13-19-16(3)23-14-26-19)24-15(2)17-8-7-9-18(12-17)25-10-5-6-11-25;/h7-9,12,14-15H,4-6,10-11,13H2,1-3H3,(H2,21,22,24);1H. The molecule has 0 amide bonds. The topological polar surface area (TPSA) is 52.6 Å². The molecule has 2 aromatic rings. The fourth-order valence-electron chi connectivity index (χ4n) is 3.20. The number of hydrogen-bond donors (Lipinski definition) is 2. The van der Waals surface area contributed by atoms with Crippen molar-refractivity contribution in [1.29, 1.82) is 0 Å². The number of aromatic nitrogens is 1. The van der Waals surface area contributed by atoms with Crippen LogP contribution in [0.4, 0.5) is 5.69 Å². The molecule has 5 nitrogen and oxygen atoms in total. The van der Waals surface area contributed by atoms with E-state index < -0.39 is 0 Å². The number of nitrogens with zero attached hydrogens (tertiary/aromatic N) is 3. The lowest BCUT2D eigenvalue weighted by Crippen LogP contribution is -2.38. The lowest BCUT2D eigenvalue weighted by molar-refractivity contribution is 0.686. The lowest BCUT2D eigenvalue weighted by atomic mass is 10.1. The Morgan fingerprint density at radius 3 is 2.78 bits per heavy atom. The van der Waals surface area contributed by atoms with Crippen molar-refractivity contribution in [1.82, 2.24) is 15.6 Å². The Bertz CT molecular complexity index is 739. The Morgan fingerprint density at radius 1 is 1.33 bits per heavy atom. The number of aryl methyl sites for hydroxylation is 1. The van der Waals surface area contributed by atoms with Crippen molar-refractivity contribution < 1.29 is 0 Å². The van der Waals surface area contributed by atoms with Gasteiger partial charge in [0, 0.05) is 30.2 Å². The van der Waals surface area contributed by atoms with Crippen LogP contribution in [0.2, 0.25) is 0 Å². The van der Waals surface area contributed by atoms with Crippen molar-refractivity contribution in [3.8, 4) is 0 Å². The number of rotatable bonds is 6. The molecular formula is C20H30IN5S. The van der Waals surface area contributed by atoms with Crippen molar-refractivity contribution in [2.75, 3.05) is 24.5 Å². The second-order valence-electron chi connectivity index (χ2n) is 6.71. The quantitative estimate of drug-likeness (QED) is 0.350. The normalized spacial score (nSPS) is 15.4. The Hall–Kier alpha value is -1.35. The molecule has 1 aromatic heterocycles. The lowest BCUT2D eigenvalue weighted by Gasteiger charge is -2.22. The minimum atomic E-state index is 0. The SMILES string of the molecule is CCNC(=NCc1scnc1C)NC(C)c1cccc(N2CCCC2)c1.I. The molecule has 7 heteroatoms. The van der Waals surface area contributed by atoms with E-state index in [2.05, 4.69) is 58.6 Å². The maximum absolute atomic E-state index is 4.74. The highest BCUT2D eigenvalue weighted by Crippen LogP contribution is 2.24. The van der Waals surface area contributed by atoms with Gasteiger partial charge in [0.25, 0.3) is 0 Å². The van der Waals surface area contributed by atoms with Gasteiger partial charge in [-0.25, -0.2) is 9.98 Å². The summed E-state index contributed by atoms with van der Waals surface area (Å²) in [7, 11) is 0. The van der Waals surface area contributed by atoms with Crippen LogP contribution in [0.15, 0.2) is 34.8 Å². The molecule has 27 heavy (non-hydrogen) atoms. The van der Waals surface area contributed by atoms with Crippen LogP contribution < -0.4 is 15.5 Å². The van der Waals surface area contributed by atoms with Crippen molar-refractivity contribution in [2.24, 2.45) is 4.99 Å². The van der Waals surface area contributed by atoms with E-state index in [0.717, 1.165) is 18.2 Å². The van der Waals surface area contributed by atoms with Crippen LogP contribution in [-0.4, -0.2) is 30.6 Å². The molecule has 2 heterocycles. The second kappa shape index (κ2) is 10.8. The highest BCUT2D eigenvalue weighted by atomic mass is 127. The minimum Gasteiger partial charge on any atom is -0.372 e. The van der Waals surface area contributed by atoms with Crippen LogP contribution in [0, 0.1) is 6.92 Å². The van der Waals surface area contributed by atoms with Gasteiger partial charge in [-0.15, -0.1) is 35.3 Å². The molecule has 148 valence electrons. The van der Waals surface area contributed by atoms with Gasteiger partial charge in [0.1, 0.15) is 0 Å². The molecule has 1 saturated heterocycles. The zero-order chi connectivity index (χ0) is 18.4. The molecule has 1 fully saturated rings. The first-order chi connectivity index (χ1) is 12.7. The number of aliphatic imine (C=N–C) groups is 1. The monoisotopic (exact) mass is 499 g/mol. The number of nitrogens with one attached hydrogen (secondary N) is 2. The summed E-state index contributed by atoms with van der Waals surface area (Å²) in [5, 5.41) is 6.89. The highest BCUT2D eigenvalue weighted by molar-refractivity contribution is 14.0. The van der Waals surface area contributed by atoms with Crippen LogP contribution in [0.1, 0.15) is 48.9 Å². The van der Waals surface area contributed by atoms with Crippen LogP contribution >= 0.6 is 35.3 Å². The smallest absolute Gasteiger partial charge is 0.192 e. The summed E-state index contributed by atoms with van der Waals surface area (Å²) < 4.78 is 0. The first kappa shape index (κ1) is 21.9. The molecule has 0 aliphatic carbocycles. The molecule has 0 saturated carbocycles. The van der Waals surface area contributed by atoms with Crippen molar-refractivity contribution >= 4 is 47.0 Å². The first-order valence-electron chi connectivity index (χ1n) is 9.46. The number of guanidine groups is 1. The highest BCUT2D eigenvalue weighted by Gasteiger charge is 2.14. The minimum absolute atomic E-state index is 0. The Kier molecular flexibility index (Phi) is 8.82. The zero-order valence-electron chi connectivity index (χ0n) is 16.4. The molecule has 1 aliphatic heterocycles. The maximum Gasteiger partial charge on any atom is 0.192 e. The molecule has 1 unspecified atom stereocenters. The van der Waals surface area contributed by atoms with Gasteiger partial charge in [0.15, 0.2) is 5.96 Å². The van der Waals surface area contributed by atoms with Crippen LogP contribution in [0.25, 0.3) is 0 Å². The van der Waals surface area contributed by atoms with Gasteiger partial charge in [-0.05, 0) is 51.3 Å². The molecule has 1 aromatic carbocycles. The number of benzene rings is 1. The fraction of sp³-hybridized carbons (Fsp3) is 0.500. The maximum atomic E-state index is 4.74. The molecule has 3 rings (SSSR count). The molecule has 1 atom stereocenters. The largest absolute Gasteiger partial charge is 0.372 e. The van der Waals surface area contributed by atoms with Gasteiger partial charge in [-0.3, -0.25) is 0 Å². The fourth-order valence-corrected chi connectivity index (χ4v) is 3.90. The van der Waals surface area contributed by atoms with E-state index in [1.807, 2.05) is 12.4 Å². The van der Waals surface area contributed by atoms with E-state index in [9.17, 15) is 0 Å². The molecule has 1 aliphatic rings. The third-order valence-electron chi connectivity index (χ3n) is 4.76. The molecular weight excluding hydrogens is 469 g/mol. The average Bonchev–Trinajstić information content (AvgIpc) is 3.32. The molecule has 2 N–H and O–H groups in total. The van der Waals surface area contributed by atoms with Gasteiger partial charge >= 0.3 is 0 Å². The van der Waals surface area contributed by atoms with Gasteiger partial charge < -0.3 is 15.5 Å². The van der Waals surface area contributed by atoms with E-state index in [0.29, 0.717) is 6.54 Å². The molecule has 0 spiro atoms. The summed E-state index contributed by atoms with van der Waals surface area (Å²) in [6.45, 7) is 10.2. The van der Waals surface area contributed by atoms with E-state index in [4.69, 9.17) is 4.99 Å². The Morgan fingerprint density at radius 2 is 2.11 bits per heavy atom. The molecule has 0 radical (unpaired) electrons. The van der Waals surface area contributed by atoms with Gasteiger partial charge in [-0.2, -0.15) is 0 Å². The van der Waals surface area contributed by atoms with Crippen LogP contribution in [-0.2, 0) is 6.54 Å². The average molecular weight is 499 g/mol. The van der Waals surface area contributed by atoms with E-state index in [-0.39, 0.29) is 30.0 Å². The summed E-state index contributed by atoms with van der Waals surface area (Å²) in [5.74, 6) is 0.847. The third kappa shape index (κ3) is 6.07. The summed E-state index contributed by atoms with van der Waals surface area (Å²) in [4.78, 5) is 12.7. The Labute approximate surface area is 183 Å². The van der Waals surface area contributed by atoms with Crippen LogP contribution in [0.5, 0.6) is 0 Å². The van der Waals surface area contributed by atoms with E-state index >= 15 is 0 Å². The number of halogens is 1. The van der Waals surface area contributed by atoms with E-state index in [1.165, 1.54) is 42.1 Å². The summed E-state index contributed by atoms with van der Waals surface area (Å²) in [6.07, 6.45) is 2.60. The third-order valence-corrected chi connectivity index (χ3v) is 5.68. The van der Waals surface area contributed by atoms with Crippen molar-refractivity contribution in [3.05, 3.63) is 45.9 Å². The van der Waals surface area contributed by atoms with Gasteiger partial charge in [0.2, 0.25) is 0 Å². The summed E-state index contributed by atoms with van der Waals surface area (Å²) >= 11 is 1.66.